The molecular formula is C17H28N4O9S. The molecule has 0 aliphatic heterocycles. The molecule has 0 aromatic carbocycles. The summed E-state index contributed by atoms with van der Waals surface area (Å²) in [6.07, 6.45) is -1.97. The molecule has 0 heterocycles. The van der Waals surface area contributed by atoms with Crippen LogP contribution in [-0.4, -0.2) is 94.5 Å². The SMILES string of the molecule is CCON=C(CSCC(NC(=O)CCC(N)C(=O)O)C(=O)N(C)C(=O)O)C(=O)OCC. The fraction of sp³-hybridized carbons (Fsp3) is 0.647. The van der Waals surface area contributed by atoms with E-state index in [0.29, 0.717) is 4.90 Å². The third kappa shape index (κ3) is 11.2. The number of carbonyl (C=O) groups excluding carboxylic acids is 3. The lowest BCUT2D eigenvalue weighted by molar-refractivity contribution is -0.139. The van der Waals surface area contributed by atoms with Gasteiger partial charge in [0, 0.05) is 25.0 Å². The first-order chi connectivity index (χ1) is 14.5. The number of aliphatic carboxylic acids is 1. The summed E-state index contributed by atoms with van der Waals surface area (Å²) in [6, 6.07) is -2.51. The molecule has 3 amide bonds. The van der Waals surface area contributed by atoms with Gasteiger partial charge < -0.3 is 30.8 Å². The maximum absolute atomic E-state index is 12.4. The number of amides is 3. The van der Waals surface area contributed by atoms with Gasteiger partial charge in [-0.15, -0.1) is 0 Å². The van der Waals surface area contributed by atoms with Crippen LogP contribution in [0.1, 0.15) is 26.7 Å². The number of carboxylic acid groups (broad SMARTS) is 2. The van der Waals surface area contributed by atoms with Crippen molar-refractivity contribution in [2.24, 2.45) is 10.9 Å². The molecule has 0 aromatic rings. The van der Waals surface area contributed by atoms with Crippen LogP contribution >= 0.6 is 11.8 Å². The Balaban J connectivity index is 5.15. The molecule has 0 aromatic heterocycles. The fourth-order valence-corrected chi connectivity index (χ4v) is 2.88. The van der Waals surface area contributed by atoms with Crippen LogP contribution in [-0.2, 0) is 28.8 Å². The van der Waals surface area contributed by atoms with E-state index < -0.39 is 41.9 Å². The number of rotatable bonds is 14. The molecule has 0 saturated heterocycles. The summed E-state index contributed by atoms with van der Waals surface area (Å²) in [5.74, 6) is -3.70. The van der Waals surface area contributed by atoms with Crippen LogP contribution in [0.15, 0.2) is 5.16 Å². The number of nitrogens with one attached hydrogen (secondary N) is 1. The third-order valence-electron chi connectivity index (χ3n) is 3.59. The van der Waals surface area contributed by atoms with Crippen LogP contribution in [0.5, 0.6) is 0 Å². The van der Waals surface area contributed by atoms with E-state index in [-0.39, 0.29) is 43.3 Å². The van der Waals surface area contributed by atoms with Gasteiger partial charge in [0.15, 0.2) is 5.71 Å². The zero-order chi connectivity index (χ0) is 24.0. The summed E-state index contributed by atoms with van der Waals surface area (Å²) < 4.78 is 4.87. The van der Waals surface area contributed by atoms with Gasteiger partial charge in [-0.25, -0.2) is 14.5 Å². The van der Waals surface area contributed by atoms with E-state index in [0.717, 1.165) is 18.8 Å². The molecule has 0 spiro atoms. The van der Waals surface area contributed by atoms with Gasteiger partial charge in [0.2, 0.25) is 5.91 Å². The van der Waals surface area contributed by atoms with Crippen molar-refractivity contribution >= 4 is 47.3 Å². The first kappa shape index (κ1) is 28.1. The number of likely N-dealkylation sites (N-methyl/N-ethyl adjacent to an activating group) is 1. The number of ether oxygens (including phenoxy) is 1. The largest absolute Gasteiger partial charge is 0.480 e. The molecule has 0 rings (SSSR count). The minimum atomic E-state index is -1.52. The highest BCUT2D eigenvalue weighted by molar-refractivity contribution is 8.00. The highest BCUT2D eigenvalue weighted by Gasteiger charge is 2.28. The summed E-state index contributed by atoms with van der Waals surface area (Å²) in [6.45, 7) is 3.62. The molecule has 5 N–H and O–H groups in total. The number of nitrogens with two attached hydrogens (primary N) is 1. The Morgan fingerprint density at radius 1 is 1.16 bits per heavy atom. The number of hydrogen-bond donors (Lipinski definition) is 4. The lowest BCUT2D eigenvalue weighted by Gasteiger charge is -2.21. The van der Waals surface area contributed by atoms with Crippen molar-refractivity contribution in [1.29, 1.82) is 0 Å². The van der Waals surface area contributed by atoms with Crippen LogP contribution < -0.4 is 11.1 Å². The predicted octanol–water partition coefficient (Wildman–Crippen LogP) is -0.511. The Morgan fingerprint density at radius 2 is 1.81 bits per heavy atom. The molecule has 0 radical (unpaired) electrons. The number of thioether (sulfide) groups is 1. The van der Waals surface area contributed by atoms with Crippen molar-refractivity contribution in [3.63, 3.8) is 0 Å². The number of carbonyl (C=O) groups is 5. The monoisotopic (exact) mass is 464 g/mol. The fourth-order valence-electron chi connectivity index (χ4n) is 1.93. The van der Waals surface area contributed by atoms with Gasteiger partial charge in [0.25, 0.3) is 5.91 Å². The summed E-state index contributed by atoms with van der Waals surface area (Å²) in [5, 5.41) is 23.8. The second-order valence-electron chi connectivity index (χ2n) is 5.97. The van der Waals surface area contributed by atoms with Crippen molar-refractivity contribution in [2.45, 2.75) is 38.8 Å². The van der Waals surface area contributed by atoms with E-state index in [1.165, 1.54) is 0 Å². The predicted molar refractivity (Wildman–Crippen MR) is 111 cm³/mol. The maximum Gasteiger partial charge on any atom is 0.413 e. The molecule has 2 atom stereocenters. The van der Waals surface area contributed by atoms with Gasteiger partial charge in [-0.3, -0.25) is 14.4 Å². The average molecular weight is 464 g/mol. The number of oxime groups is 1. The van der Waals surface area contributed by atoms with Gasteiger partial charge in [0.1, 0.15) is 18.7 Å². The zero-order valence-corrected chi connectivity index (χ0v) is 18.3. The van der Waals surface area contributed by atoms with Crippen LogP contribution in [0.4, 0.5) is 4.79 Å². The second-order valence-corrected chi connectivity index (χ2v) is 7.00. The molecule has 13 nitrogen and oxygen atoms in total. The standard InChI is InChI=1S/C17H28N4O9S/c1-4-29-16(26)12(20-30-5-2)9-31-8-11(14(23)21(3)17(27)28)19-13(22)7-6-10(18)15(24)25/h10-11H,4-9,18H2,1-3H3,(H,19,22)(H,24,25)(H,27,28). The highest BCUT2D eigenvalue weighted by Crippen LogP contribution is 2.09. The van der Waals surface area contributed by atoms with Crippen LogP contribution in [0.2, 0.25) is 0 Å². The average Bonchev–Trinajstić information content (AvgIpc) is 2.72. The van der Waals surface area contributed by atoms with Gasteiger partial charge in [-0.05, 0) is 20.3 Å². The van der Waals surface area contributed by atoms with E-state index in [1.54, 1.807) is 13.8 Å². The molecule has 0 saturated carbocycles. The normalized spacial score (nSPS) is 13.0. The van der Waals surface area contributed by atoms with Crippen LogP contribution in [0.25, 0.3) is 0 Å². The Bertz CT molecular complexity index is 687. The number of nitrogens with zero attached hydrogens (tertiary/aromatic N) is 2. The molecule has 14 heteroatoms. The Kier molecular flexibility index (Phi) is 13.6. The summed E-state index contributed by atoms with van der Waals surface area (Å²) >= 11 is 1.02. The first-order valence-electron chi connectivity index (χ1n) is 9.26. The number of imide groups is 1. The minimum absolute atomic E-state index is 0.0286. The van der Waals surface area contributed by atoms with Crippen molar-refractivity contribution in [3.05, 3.63) is 0 Å². The number of esters is 1. The summed E-state index contributed by atoms with van der Waals surface area (Å²) in [7, 11) is 1.02. The van der Waals surface area contributed by atoms with Gasteiger partial charge in [-0.1, -0.05) is 5.16 Å². The van der Waals surface area contributed by atoms with Crippen molar-refractivity contribution < 1.29 is 43.8 Å². The van der Waals surface area contributed by atoms with Gasteiger partial charge in [0.05, 0.1) is 6.61 Å². The van der Waals surface area contributed by atoms with E-state index in [1.807, 2.05) is 0 Å². The van der Waals surface area contributed by atoms with Crippen LogP contribution in [0.3, 0.4) is 0 Å². The molecule has 0 aliphatic rings. The molecule has 0 fully saturated rings. The van der Waals surface area contributed by atoms with E-state index in [4.69, 9.17) is 25.5 Å². The topological polar surface area (TPSA) is 198 Å². The van der Waals surface area contributed by atoms with Gasteiger partial charge in [-0.2, -0.15) is 11.8 Å². The van der Waals surface area contributed by atoms with Gasteiger partial charge >= 0.3 is 18.0 Å². The Morgan fingerprint density at radius 3 is 2.32 bits per heavy atom. The lowest BCUT2D eigenvalue weighted by Crippen LogP contribution is -2.50. The van der Waals surface area contributed by atoms with Crippen LogP contribution in [0, 0.1) is 0 Å². The second kappa shape index (κ2) is 15.0. The third-order valence-corrected chi connectivity index (χ3v) is 4.64. The van der Waals surface area contributed by atoms with Crippen molar-refractivity contribution in [2.75, 3.05) is 31.8 Å². The maximum atomic E-state index is 12.4. The number of hydrogen-bond acceptors (Lipinski definition) is 10. The molecule has 2 unspecified atom stereocenters. The molecule has 31 heavy (non-hydrogen) atoms. The quantitative estimate of drug-likeness (QED) is 0.147. The molecular weight excluding hydrogens is 436 g/mol. The molecule has 176 valence electrons. The summed E-state index contributed by atoms with van der Waals surface area (Å²) in [5.41, 5.74) is 5.29. The molecule has 0 bridgehead atoms. The van der Waals surface area contributed by atoms with E-state index in [9.17, 15) is 24.0 Å². The van der Waals surface area contributed by atoms with Crippen molar-refractivity contribution in [1.82, 2.24) is 10.2 Å². The number of carboxylic acids is 1. The smallest absolute Gasteiger partial charge is 0.413 e. The Labute approximate surface area is 183 Å². The zero-order valence-electron chi connectivity index (χ0n) is 17.5. The summed E-state index contributed by atoms with van der Waals surface area (Å²) in [4.78, 5) is 63.5. The molecule has 0 aliphatic carbocycles. The van der Waals surface area contributed by atoms with E-state index >= 15 is 0 Å². The van der Waals surface area contributed by atoms with Crippen molar-refractivity contribution in [3.8, 4) is 0 Å². The first-order valence-corrected chi connectivity index (χ1v) is 10.4. The highest BCUT2D eigenvalue weighted by atomic mass is 32.2. The minimum Gasteiger partial charge on any atom is -0.480 e. The lowest BCUT2D eigenvalue weighted by atomic mass is 10.1. The Hall–Kier alpha value is -2.87. The van der Waals surface area contributed by atoms with E-state index in [2.05, 4.69) is 10.5 Å².